The van der Waals surface area contributed by atoms with Gasteiger partial charge in [0.05, 0.1) is 11.7 Å². The van der Waals surface area contributed by atoms with Crippen molar-refractivity contribution in [3.05, 3.63) is 69.6 Å². The molecular weight excluding hydrogens is 370 g/mol. The Hall–Kier alpha value is -2.93. The highest BCUT2D eigenvalue weighted by atomic mass is 16.3. The molecular formula is C22H27N3O4. The number of carbonyl (C=O) groups is 2. The number of pyridine rings is 1. The molecule has 0 bridgehead atoms. The minimum Gasteiger partial charge on any atom is -0.393 e. The molecule has 7 heteroatoms. The van der Waals surface area contributed by atoms with E-state index in [-0.39, 0.29) is 23.0 Å². The molecule has 2 amide bonds. The number of carbonyl (C=O) groups excluding carboxylic acids is 2. The number of hydrogen-bond donors (Lipinski definition) is 3. The SMILES string of the molecule is CN(Cc1ccccc1)C(=O)c1cc(C(=O)NCC2CCCCC2O)c[nH]c1=O. The van der Waals surface area contributed by atoms with Gasteiger partial charge in [0.25, 0.3) is 17.4 Å². The van der Waals surface area contributed by atoms with Gasteiger partial charge in [0.1, 0.15) is 5.56 Å². The number of aromatic amines is 1. The second kappa shape index (κ2) is 9.52. The summed E-state index contributed by atoms with van der Waals surface area (Å²) in [5.41, 5.74) is 0.550. The van der Waals surface area contributed by atoms with Crippen LogP contribution in [0.4, 0.5) is 0 Å². The molecule has 1 heterocycles. The fourth-order valence-corrected chi connectivity index (χ4v) is 3.66. The van der Waals surface area contributed by atoms with Crippen LogP contribution in [0.1, 0.15) is 52.0 Å². The maximum atomic E-state index is 12.7. The molecule has 29 heavy (non-hydrogen) atoms. The highest BCUT2D eigenvalue weighted by Gasteiger charge is 2.24. The molecule has 0 saturated heterocycles. The zero-order valence-corrected chi connectivity index (χ0v) is 16.6. The summed E-state index contributed by atoms with van der Waals surface area (Å²) in [6.45, 7) is 0.728. The average molecular weight is 397 g/mol. The summed E-state index contributed by atoms with van der Waals surface area (Å²) < 4.78 is 0. The van der Waals surface area contributed by atoms with Gasteiger partial charge in [-0.3, -0.25) is 14.4 Å². The smallest absolute Gasteiger partial charge is 0.260 e. The van der Waals surface area contributed by atoms with Gasteiger partial charge in [0.15, 0.2) is 0 Å². The van der Waals surface area contributed by atoms with Gasteiger partial charge in [0.2, 0.25) is 0 Å². The predicted molar refractivity (Wildman–Crippen MR) is 110 cm³/mol. The molecule has 0 spiro atoms. The normalized spacial score (nSPS) is 18.8. The Morgan fingerprint density at radius 2 is 1.93 bits per heavy atom. The van der Waals surface area contributed by atoms with Gasteiger partial charge < -0.3 is 20.3 Å². The maximum absolute atomic E-state index is 12.7. The summed E-state index contributed by atoms with van der Waals surface area (Å²) in [5, 5.41) is 12.8. The molecule has 1 aliphatic rings. The van der Waals surface area contributed by atoms with E-state index in [1.54, 1.807) is 7.05 Å². The van der Waals surface area contributed by atoms with Gasteiger partial charge in [-0.15, -0.1) is 0 Å². The Morgan fingerprint density at radius 3 is 2.66 bits per heavy atom. The van der Waals surface area contributed by atoms with E-state index in [2.05, 4.69) is 10.3 Å². The van der Waals surface area contributed by atoms with Crippen molar-refractivity contribution >= 4 is 11.8 Å². The summed E-state index contributed by atoms with van der Waals surface area (Å²) >= 11 is 0. The van der Waals surface area contributed by atoms with Crippen molar-refractivity contribution in [1.29, 1.82) is 0 Å². The van der Waals surface area contributed by atoms with E-state index in [1.165, 1.54) is 17.2 Å². The molecule has 2 atom stereocenters. The van der Waals surface area contributed by atoms with E-state index in [0.717, 1.165) is 31.2 Å². The van der Waals surface area contributed by atoms with Gasteiger partial charge in [-0.25, -0.2) is 0 Å². The van der Waals surface area contributed by atoms with Gasteiger partial charge in [-0.05, 0) is 24.5 Å². The standard InChI is InChI=1S/C22H27N3O4/c1-25(14-15-7-3-2-4-8-15)22(29)18-11-17(13-24-21(18)28)20(27)23-12-16-9-5-6-10-19(16)26/h2-4,7-8,11,13,16,19,26H,5-6,9-10,12,14H2,1H3,(H,23,27)(H,24,28). The molecule has 1 aromatic heterocycles. The number of aliphatic hydroxyl groups excluding tert-OH is 1. The van der Waals surface area contributed by atoms with Gasteiger partial charge in [0, 0.05) is 32.3 Å². The van der Waals surface area contributed by atoms with E-state index in [1.807, 2.05) is 30.3 Å². The third-order valence-electron chi connectivity index (χ3n) is 5.40. The Balaban J connectivity index is 1.67. The minimum absolute atomic E-state index is 0.0357. The molecule has 2 unspecified atom stereocenters. The van der Waals surface area contributed by atoms with Crippen LogP contribution in [-0.2, 0) is 6.54 Å². The molecule has 1 aromatic carbocycles. The summed E-state index contributed by atoms with van der Waals surface area (Å²) in [7, 11) is 1.62. The van der Waals surface area contributed by atoms with E-state index in [4.69, 9.17) is 0 Å². The summed E-state index contributed by atoms with van der Waals surface area (Å²) in [5.74, 6) is -0.792. The lowest BCUT2D eigenvalue weighted by molar-refractivity contribution is 0.0663. The number of H-pyrrole nitrogens is 1. The molecule has 1 aliphatic carbocycles. The van der Waals surface area contributed by atoms with Crippen molar-refractivity contribution in [2.75, 3.05) is 13.6 Å². The largest absolute Gasteiger partial charge is 0.393 e. The number of nitrogens with zero attached hydrogens (tertiary/aromatic N) is 1. The average Bonchev–Trinajstić information content (AvgIpc) is 2.73. The second-order valence-corrected chi connectivity index (χ2v) is 7.60. The molecule has 0 aliphatic heterocycles. The molecule has 3 N–H and O–H groups in total. The molecule has 1 fully saturated rings. The maximum Gasteiger partial charge on any atom is 0.260 e. The van der Waals surface area contributed by atoms with Crippen LogP contribution in [0.25, 0.3) is 0 Å². The summed E-state index contributed by atoms with van der Waals surface area (Å²) in [4.78, 5) is 41.3. The first-order chi connectivity index (χ1) is 14.0. The summed E-state index contributed by atoms with van der Waals surface area (Å²) in [6.07, 6.45) is 4.59. The Kier molecular flexibility index (Phi) is 6.82. The zero-order chi connectivity index (χ0) is 20.8. The third kappa shape index (κ3) is 5.32. The molecule has 0 radical (unpaired) electrons. The van der Waals surface area contributed by atoms with Crippen molar-refractivity contribution < 1.29 is 14.7 Å². The van der Waals surface area contributed by atoms with Crippen molar-refractivity contribution in [3.63, 3.8) is 0 Å². The molecule has 154 valence electrons. The topological polar surface area (TPSA) is 102 Å². The van der Waals surface area contributed by atoms with E-state index < -0.39 is 17.6 Å². The fraction of sp³-hybridized carbons (Fsp3) is 0.409. The number of nitrogens with one attached hydrogen (secondary N) is 2. The number of benzene rings is 1. The van der Waals surface area contributed by atoms with Gasteiger partial charge >= 0.3 is 0 Å². The van der Waals surface area contributed by atoms with E-state index >= 15 is 0 Å². The van der Waals surface area contributed by atoms with Crippen LogP contribution in [0.2, 0.25) is 0 Å². The number of rotatable bonds is 6. The van der Waals surface area contributed by atoms with Gasteiger partial charge in [-0.2, -0.15) is 0 Å². The lowest BCUT2D eigenvalue weighted by Gasteiger charge is -2.27. The molecule has 3 rings (SSSR count). The van der Waals surface area contributed by atoms with E-state index in [9.17, 15) is 19.5 Å². The van der Waals surface area contributed by atoms with Crippen molar-refractivity contribution in [3.8, 4) is 0 Å². The molecule has 7 nitrogen and oxygen atoms in total. The highest BCUT2D eigenvalue weighted by molar-refractivity contribution is 5.99. The first kappa shape index (κ1) is 20.8. The Morgan fingerprint density at radius 1 is 1.21 bits per heavy atom. The van der Waals surface area contributed by atoms with Crippen LogP contribution < -0.4 is 10.9 Å². The molecule has 2 aromatic rings. The number of hydrogen-bond acceptors (Lipinski definition) is 4. The van der Waals surface area contributed by atoms with Crippen molar-refractivity contribution in [2.24, 2.45) is 5.92 Å². The van der Waals surface area contributed by atoms with Crippen LogP contribution >= 0.6 is 0 Å². The monoisotopic (exact) mass is 397 g/mol. The number of amides is 2. The number of aliphatic hydroxyl groups is 1. The second-order valence-electron chi connectivity index (χ2n) is 7.60. The van der Waals surface area contributed by atoms with Crippen molar-refractivity contribution in [2.45, 2.75) is 38.3 Å². The van der Waals surface area contributed by atoms with Crippen molar-refractivity contribution in [1.82, 2.24) is 15.2 Å². The minimum atomic E-state index is -0.533. The lowest BCUT2D eigenvalue weighted by atomic mass is 9.86. The van der Waals surface area contributed by atoms with Crippen LogP contribution in [0.5, 0.6) is 0 Å². The first-order valence-corrected chi connectivity index (χ1v) is 9.94. The van der Waals surface area contributed by atoms with Crippen LogP contribution in [0, 0.1) is 5.92 Å². The Labute approximate surface area is 169 Å². The van der Waals surface area contributed by atoms with E-state index in [0.29, 0.717) is 13.1 Å². The Bertz CT molecular complexity index is 910. The number of aromatic nitrogens is 1. The lowest BCUT2D eigenvalue weighted by Crippen LogP contribution is -2.37. The predicted octanol–water partition coefficient (Wildman–Crippen LogP) is 1.93. The molecule has 1 saturated carbocycles. The third-order valence-corrected chi connectivity index (χ3v) is 5.40. The van der Waals surface area contributed by atoms with Crippen LogP contribution in [-0.4, -0.2) is 46.5 Å². The van der Waals surface area contributed by atoms with Crippen LogP contribution in [0.3, 0.4) is 0 Å². The first-order valence-electron chi connectivity index (χ1n) is 9.94. The van der Waals surface area contributed by atoms with Gasteiger partial charge in [-0.1, -0.05) is 43.2 Å². The quantitative estimate of drug-likeness (QED) is 0.693. The fourth-order valence-electron chi connectivity index (χ4n) is 3.66. The highest BCUT2D eigenvalue weighted by Crippen LogP contribution is 2.23. The zero-order valence-electron chi connectivity index (χ0n) is 16.6. The summed E-state index contributed by atoms with van der Waals surface area (Å²) in [6, 6.07) is 10.8. The van der Waals surface area contributed by atoms with Crippen LogP contribution in [0.15, 0.2) is 47.4 Å².